The van der Waals surface area contributed by atoms with E-state index in [1.54, 1.807) is 6.92 Å². The van der Waals surface area contributed by atoms with Crippen molar-refractivity contribution in [2.45, 2.75) is 20.8 Å². The van der Waals surface area contributed by atoms with Crippen molar-refractivity contribution in [3.63, 3.8) is 0 Å². The smallest absolute Gasteiger partial charge is 0.350 e. The van der Waals surface area contributed by atoms with Gasteiger partial charge in [0.15, 0.2) is 5.69 Å². The number of ether oxygens (including phenoxy) is 1. The van der Waals surface area contributed by atoms with Crippen molar-refractivity contribution in [3.8, 4) is 0 Å². The van der Waals surface area contributed by atoms with Crippen molar-refractivity contribution in [3.05, 3.63) is 22.2 Å². The second-order valence-electron chi connectivity index (χ2n) is 3.90. The molecule has 3 N–H and O–H groups in total. The number of carbonyl (C=O) groups excluding carboxylic acids is 1. The van der Waals surface area contributed by atoms with Crippen LogP contribution in [0.3, 0.4) is 0 Å². The van der Waals surface area contributed by atoms with E-state index in [4.69, 9.17) is 10.5 Å². The zero-order valence-electron chi connectivity index (χ0n) is 10.1. The lowest BCUT2D eigenvalue weighted by molar-refractivity contribution is -0.351. The van der Waals surface area contributed by atoms with E-state index in [-0.39, 0.29) is 5.97 Å². The Kier molecular flexibility index (Phi) is 3.02. The van der Waals surface area contributed by atoms with E-state index >= 15 is 0 Å². The van der Waals surface area contributed by atoms with Gasteiger partial charge < -0.3 is 10.5 Å². The van der Waals surface area contributed by atoms with Gasteiger partial charge in [0.1, 0.15) is 4.88 Å². The Morgan fingerprint density at radius 3 is 2.88 bits per heavy atom. The van der Waals surface area contributed by atoms with E-state index in [0.29, 0.717) is 17.2 Å². The molecule has 4 nitrogen and oxygen atoms in total. The molecule has 0 aliphatic rings. The first-order valence-corrected chi connectivity index (χ1v) is 6.24. The van der Waals surface area contributed by atoms with Crippen LogP contribution in [-0.2, 0) is 4.74 Å². The molecule has 90 valence electrons. The standard InChI is InChI=1S/C12H14N2O2S/c1-4-16-12(15)10-9(13)8-6(2)5-7(3)14-11(8)17-10/h5H,4,13H2,1-3H3/p+1. The zero-order chi connectivity index (χ0) is 12.6. The van der Waals surface area contributed by atoms with E-state index in [0.717, 1.165) is 21.5 Å². The SMILES string of the molecule is CCOC(=O)c1sc2[nH+]c(C)cc(C)c2c1N. The van der Waals surface area contributed by atoms with Gasteiger partial charge in [-0.15, -0.1) is 0 Å². The van der Waals surface area contributed by atoms with Gasteiger partial charge >= 0.3 is 5.97 Å². The molecule has 0 bridgehead atoms. The van der Waals surface area contributed by atoms with Crippen molar-refractivity contribution in [2.24, 2.45) is 0 Å². The average molecular weight is 251 g/mol. The Morgan fingerprint density at radius 2 is 2.24 bits per heavy atom. The maximum Gasteiger partial charge on any atom is 0.350 e. The minimum absolute atomic E-state index is 0.350. The maximum atomic E-state index is 11.7. The number of hydrogen-bond donors (Lipinski definition) is 1. The predicted molar refractivity (Wildman–Crippen MR) is 68.2 cm³/mol. The Bertz CT molecular complexity index is 590. The number of fused-ring (bicyclic) bond motifs is 1. The fourth-order valence-electron chi connectivity index (χ4n) is 1.88. The summed E-state index contributed by atoms with van der Waals surface area (Å²) in [6.07, 6.45) is 0. The third-order valence-corrected chi connectivity index (χ3v) is 3.65. The molecule has 0 aliphatic carbocycles. The number of aryl methyl sites for hydroxylation is 2. The molecule has 0 unspecified atom stereocenters. The second kappa shape index (κ2) is 4.33. The highest BCUT2D eigenvalue weighted by Crippen LogP contribution is 2.33. The van der Waals surface area contributed by atoms with E-state index in [1.165, 1.54) is 11.3 Å². The average Bonchev–Trinajstić information content (AvgIpc) is 2.56. The zero-order valence-corrected chi connectivity index (χ0v) is 10.9. The number of aromatic amines is 1. The van der Waals surface area contributed by atoms with Crippen LogP contribution in [0.1, 0.15) is 27.9 Å². The molecule has 0 amide bonds. The molecule has 2 aromatic heterocycles. The number of carbonyl (C=O) groups is 1. The molecule has 2 heterocycles. The van der Waals surface area contributed by atoms with Crippen molar-refractivity contribution in [1.29, 1.82) is 0 Å². The van der Waals surface area contributed by atoms with Gasteiger partial charge in [-0.25, -0.2) is 4.79 Å². The summed E-state index contributed by atoms with van der Waals surface area (Å²) in [6.45, 7) is 6.10. The quantitative estimate of drug-likeness (QED) is 0.831. The molecule has 0 radical (unpaired) electrons. The largest absolute Gasteiger partial charge is 0.462 e. The first kappa shape index (κ1) is 11.9. The first-order valence-electron chi connectivity index (χ1n) is 5.43. The maximum absolute atomic E-state index is 11.7. The summed E-state index contributed by atoms with van der Waals surface area (Å²) in [5.74, 6) is -0.350. The molecule has 17 heavy (non-hydrogen) atoms. The highest BCUT2D eigenvalue weighted by atomic mass is 32.1. The highest BCUT2D eigenvalue weighted by Gasteiger charge is 2.22. The number of thiophene rings is 1. The molecule has 0 aliphatic heterocycles. The third kappa shape index (κ3) is 1.98. The number of nitrogen functional groups attached to an aromatic ring is 1. The van der Waals surface area contributed by atoms with Crippen LogP contribution in [0.15, 0.2) is 6.07 Å². The van der Waals surface area contributed by atoms with Crippen molar-refractivity contribution >= 4 is 33.2 Å². The van der Waals surface area contributed by atoms with E-state index in [9.17, 15) is 4.79 Å². The van der Waals surface area contributed by atoms with Crippen LogP contribution in [-0.4, -0.2) is 12.6 Å². The number of esters is 1. The number of nitrogens with two attached hydrogens (primary N) is 1. The molecule has 2 rings (SSSR count). The van der Waals surface area contributed by atoms with Crippen LogP contribution in [0, 0.1) is 13.8 Å². The summed E-state index contributed by atoms with van der Waals surface area (Å²) in [7, 11) is 0. The molecule has 0 aromatic carbocycles. The summed E-state index contributed by atoms with van der Waals surface area (Å²) in [5.41, 5.74) is 8.64. The fraction of sp³-hybridized carbons (Fsp3) is 0.333. The summed E-state index contributed by atoms with van der Waals surface area (Å²) < 4.78 is 4.99. The van der Waals surface area contributed by atoms with Crippen LogP contribution in [0.4, 0.5) is 5.69 Å². The molecule has 0 spiro atoms. The molecular weight excluding hydrogens is 236 g/mol. The third-order valence-electron chi connectivity index (χ3n) is 2.54. The van der Waals surface area contributed by atoms with Crippen LogP contribution in [0.25, 0.3) is 10.2 Å². The van der Waals surface area contributed by atoms with Crippen molar-refractivity contribution in [2.75, 3.05) is 12.3 Å². The van der Waals surface area contributed by atoms with E-state index < -0.39 is 0 Å². The van der Waals surface area contributed by atoms with Crippen LogP contribution < -0.4 is 10.7 Å². The summed E-state index contributed by atoms with van der Waals surface area (Å²) in [4.78, 5) is 16.3. The summed E-state index contributed by atoms with van der Waals surface area (Å²) in [5, 5.41) is 0.920. The van der Waals surface area contributed by atoms with Gasteiger partial charge in [-0.05, 0) is 19.4 Å². The van der Waals surface area contributed by atoms with Crippen molar-refractivity contribution < 1.29 is 14.5 Å². The lowest BCUT2D eigenvalue weighted by Gasteiger charge is -1.99. The molecule has 0 saturated heterocycles. The van der Waals surface area contributed by atoms with Gasteiger partial charge in [-0.2, -0.15) is 4.98 Å². The van der Waals surface area contributed by atoms with Gasteiger partial charge in [0.05, 0.1) is 17.7 Å². The van der Waals surface area contributed by atoms with Gasteiger partial charge in [-0.3, -0.25) is 0 Å². The van der Waals surface area contributed by atoms with Crippen LogP contribution in [0.2, 0.25) is 0 Å². The Hall–Kier alpha value is -1.62. The summed E-state index contributed by atoms with van der Waals surface area (Å²) in [6, 6.07) is 2.01. The Balaban J connectivity index is 2.64. The van der Waals surface area contributed by atoms with Gasteiger partial charge in [0.25, 0.3) is 4.83 Å². The Morgan fingerprint density at radius 1 is 1.53 bits per heavy atom. The van der Waals surface area contributed by atoms with Gasteiger partial charge in [-0.1, -0.05) is 11.3 Å². The monoisotopic (exact) mass is 251 g/mol. The number of rotatable bonds is 2. The lowest BCUT2D eigenvalue weighted by atomic mass is 10.1. The summed E-state index contributed by atoms with van der Waals surface area (Å²) >= 11 is 1.35. The predicted octanol–water partition coefficient (Wildman–Crippen LogP) is 2.09. The van der Waals surface area contributed by atoms with Gasteiger partial charge in [0, 0.05) is 13.0 Å². The Labute approximate surface area is 103 Å². The number of pyridine rings is 1. The fourth-order valence-corrected chi connectivity index (χ4v) is 3.03. The number of hydrogen-bond acceptors (Lipinski definition) is 4. The molecule has 0 fully saturated rings. The topological polar surface area (TPSA) is 66.5 Å². The number of nitrogens with one attached hydrogen (secondary N) is 1. The number of aromatic nitrogens is 1. The number of H-pyrrole nitrogens is 1. The van der Waals surface area contributed by atoms with E-state index in [2.05, 4.69) is 4.98 Å². The normalized spacial score (nSPS) is 10.8. The van der Waals surface area contributed by atoms with Crippen LogP contribution in [0.5, 0.6) is 0 Å². The van der Waals surface area contributed by atoms with Crippen LogP contribution >= 0.6 is 11.3 Å². The molecule has 5 heteroatoms. The molecular formula is C12H15N2O2S+. The van der Waals surface area contributed by atoms with Crippen molar-refractivity contribution in [1.82, 2.24) is 0 Å². The minimum Gasteiger partial charge on any atom is -0.462 e. The lowest BCUT2D eigenvalue weighted by Crippen LogP contribution is -2.07. The molecule has 0 saturated carbocycles. The second-order valence-corrected chi connectivity index (χ2v) is 4.93. The molecule has 2 aromatic rings. The van der Waals surface area contributed by atoms with Gasteiger partial charge in [0.2, 0.25) is 0 Å². The number of anilines is 1. The minimum atomic E-state index is -0.350. The first-order chi connectivity index (χ1) is 8.04. The molecule has 0 atom stereocenters. The highest BCUT2D eigenvalue weighted by molar-refractivity contribution is 7.20. The van der Waals surface area contributed by atoms with E-state index in [1.807, 2.05) is 19.9 Å².